The summed E-state index contributed by atoms with van der Waals surface area (Å²) in [5, 5.41) is 0. The highest BCUT2D eigenvalue weighted by Crippen LogP contribution is 2.58. The van der Waals surface area contributed by atoms with Crippen LogP contribution in [0.25, 0.3) is 0 Å². The maximum atomic E-state index is 6.45. The summed E-state index contributed by atoms with van der Waals surface area (Å²) in [5.41, 5.74) is 1.17. The van der Waals surface area contributed by atoms with Crippen LogP contribution in [-0.2, 0) is 4.52 Å². The average Bonchev–Trinajstić information content (AvgIpc) is 2.78. The number of hydrogen-bond acceptors (Lipinski definition) is 3. The van der Waals surface area contributed by atoms with Crippen molar-refractivity contribution in [2.45, 2.75) is 43.9 Å². The Morgan fingerprint density at radius 1 is 1.14 bits per heavy atom. The van der Waals surface area contributed by atoms with E-state index >= 15 is 0 Å². The third-order valence-electron chi connectivity index (χ3n) is 4.73. The van der Waals surface area contributed by atoms with E-state index in [0.717, 1.165) is 0 Å². The largest absolute Gasteiger partial charge is 0.322 e. The topological polar surface area (TPSA) is 15.7 Å². The molecule has 1 aliphatic heterocycles. The molecule has 2 aliphatic rings. The van der Waals surface area contributed by atoms with Gasteiger partial charge in [0.2, 0.25) is 0 Å². The minimum atomic E-state index is -0.704. The lowest BCUT2D eigenvalue weighted by Gasteiger charge is -2.29. The number of rotatable bonds is 4. The van der Waals surface area contributed by atoms with Gasteiger partial charge in [0.1, 0.15) is 6.10 Å². The molecule has 0 N–H and O–H groups in total. The number of likely N-dealkylation sites (N-methyl/N-ethyl adjacent to an activating group) is 2. The molecule has 2 fully saturated rings. The Morgan fingerprint density at radius 2 is 1.71 bits per heavy atom. The minimum absolute atomic E-state index is 0.0240. The van der Waals surface area contributed by atoms with Crippen molar-refractivity contribution in [3.05, 3.63) is 35.9 Å². The predicted molar refractivity (Wildman–Crippen MR) is 89.5 cm³/mol. The first-order valence-corrected chi connectivity index (χ1v) is 9.45. The quantitative estimate of drug-likeness (QED) is 0.602. The van der Waals surface area contributed by atoms with E-state index in [1.807, 2.05) is 18.2 Å². The van der Waals surface area contributed by atoms with Crippen molar-refractivity contribution in [3.63, 3.8) is 0 Å². The third-order valence-corrected chi connectivity index (χ3v) is 7.12. The molecule has 0 unspecified atom stereocenters. The Bertz CT molecular complexity index is 443. The fourth-order valence-corrected chi connectivity index (χ4v) is 6.09. The number of hydrogen-bond donors (Lipinski definition) is 0. The minimum Gasteiger partial charge on any atom is -0.322 e. The van der Waals surface area contributed by atoms with Crippen LogP contribution >= 0.6 is 20.1 Å². The van der Waals surface area contributed by atoms with Crippen LogP contribution in [0.1, 0.15) is 37.4 Å². The van der Waals surface area contributed by atoms with Crippen LogP contribution in [0.4, 0.5) is 0 Å². The zero-order valence-corrected chi connectivity index (χ0v) is 14.4. The van der Waals surface area contributed by atoms with Gasteiger partial charge in [-0.25, -0.2) is 9.34 Å². The van der Waals surface area contributed by atoms with Crippen molar-refractivity contribution in [2.75, 3.05) is 20.0 Å². The second kappa shape index (κ2) is 6.93. The molecule has 0 spiro atoms. The fourth-order valence-electron chi connectivity index (χ4n) is 3.55. The highest BCUT2D eigenvalue weighted by molar-refractivity contribution is 7.47. The number of nitrogens with zero attached hydrogens (tertiary/aromatic N) is 2. The zero-order valence-electron chi connectivity index (χ0n) is 12.8. The summed E-state index contributed by atoms with van der Waals surface area (Å²) in [4.78, 5) is 0. The Labute approximate surface area is 134 Å². The van der Waals surface area contributed by atoms with Crippen LogP contribution in [0.2, 0.25) is 0 Å². The molecule has 1 saturated heterocycles. The molecular weight excluding hydrogens is 303 g/mol. The third kappa shape index (κ3) is 3.13. The normalized spacial score (nSPS) is 29.5. The molecule has 1 heterocycles. The zero-order chi connectivity index (χ0) is 14.8. The fraction of sp³-hybridized carbons (Fsp3) is 0.625. The van der Waals surface area contributed by atoms with Gasteiger partial charge < -0.3 is 4.52 Å². The van der Waals surface area contributed by atoms with Crippen molar-refractivity contribution in [1.29, 1.82) is 0 Å². The molecular formula is C16H24ClN2OP. The standard InChI is InChI=1S/C16H24ClN2OP/c1-18-14-10-6-7-11-15(14)19(2)21(18)20-16(12-17)13-8-4-3-5-9-13/h3-5,8-9,14-16H,6-7,10-12H2,1-2H3/t14-,15-,16-/m1/s1. The van der Waals surface area contributed by atoms with Gasteiger partial charge in [-0.1, -0.05) is 43.2 Å². The predicted octanol–water partition coefficient (Wildman–Crippen LogP) is 4.40. The number of alkyl halides is 1. The lowest BCUT2D eigenvalue weighted by atomic mass is 9.91. The summed E-state index contributed by atoms with van der Waals surface area (Å²) in [7, 11) is 3.73. The van der Waals surface area contributed by atoms with Crippen LogP contribution in [0.5, 0.6) is 0 Å². The van der Waals surface area contributed by atoms with E-state index in [9.17, 15) is 0 Å². The van der Waals surface area contributed by atoms with E-state index in [-0.39, 0.29) is 6.10 Å². The van der Waals surface area contributed by atoms with Gasteiger partial charge >= 0.3 is 0 Å². The van der Waals surface area contributed by atoms with E-state index < -0.39 is 8.45 Å². The number of fused-ring (bicyclic) bond motifs is 1. The Balaban J connectivity index is 1.74. The van der Waals surface area contributed by atoms with Gasteiger partial charge in [0, 0.05) is 12.1 Å². The average molecular weight is 327 g/mol. The van der Waals surface area contributed by atoms with Crippen LogP contribution < -0.4 is 0 Å². The van der Waals surface area contributed by atoms with Gasteiger partial charge in [0.05, 0.1) is 5.88 Å². The van der Waals surface area contributed by atoms with Crippen molar-refractivity contribution < 1.29 is 4.52 Å². The SMILES string of the molecule is CN1[C@@H]2CCCC[C@H]2N(C)P1O[C@H](CCl)c1ccccc1. The monoisotopic (exact) mass is 326 g/mol. The second-order valence-corrected chi connectivity index (χ2v) is 8.27. The summed E-state index contributed by atoms with van der Waals surface area (Å²) in [5.74, 6) is 0.500. The summed E-state index contributed by atoms with van der Waals surface area (Å²) >= 11 is 6.18. The second-order valence-electron chi connectivity index (χ2n) is 5.98. The van der Waals surface area contributed by atoms with Crippen molar-refractivity contribution in [1.82, 2.24) is 9.34 Å². The molecule has 0 bridgehead atoms. The van der Waals surface area contributed by atoms with Crippen LogP contribution in [0, 0.1) is 0 Å². The molecule has 21 heavy (non-hydrogen) atoms. The van der Waals surface area contributed by atoms with E-state index in [1.54, 1.807) is 0 Å². The lowest BCUT2D eigenvalue weighted by Crippen LogP contribution is -2.37. The van der Waals surface area contributed by atoms with Crippen LogP contribution in [-0.4, -0.2) is 41.4 Å². The summed E-state index contributed by atoms with van der Waals surface area (Å²) in [6, 6.07) is 11.6. The van der Waals surface area contributed by atoms with Gasteiger partial charge in [-0.15, -0.1) is 11.6 Å². The Morgan fingerprint density at radius 3 is 2.24 bits per heavy atom. The van der Waals surface area contributed by atoms with Crippen molar-refractivity contribution in [3.8, 4) is 0 Å². The molecule has 0 aromatic heterocycles. The van der Waals surface area contributed by atoms with Gasteiger partial charge in [-0.05, 0) is 32.5 Å². The van der Waals surface area contributed by atoms with Gasteiger partial charge in [0.15, 0.2) is 8.45 Å². The van der Waals surface area contributed by atoms with Crippen molar-refractivity contribution in [2.24, 2.45) is 0 Å². The van der Waals surface area contributed by atoms with E-state index in [2.05, 4.69) is 35.6 Å². The number of benzene rings is 1. The number of halogens is 1. The molecule has 5 heteroatoms. The Kier molecular flexibility index (Phi) is 5.19. The molecule has 116 valence electrons. The first-order valence-electron chi connectivity index (χ1n) is 7.75. The first kappa shape index (κ1) is 15.7. The molecule has 1 saturated carbocycles. The molecule has 1 aliphatic carbocycles. The molecule has 3 nitrogen and oxygen atoms in total. The molecule has 0 radical (unpaired) electrons. The molecule has 3 rings (SSSR count). The summed E-state index contributed by atoms with van der Waals surface area (Å²) < 4.78 is 11.4. The molecule has 1 aromatic rings. The maximum Gasteiger partial charge on any atom is 0.188 e. The van der Waals surface area contributed by atoms with Crippen LogP contribution in [0.3, 0.4) is 0 Å². The maximum absolute atomic E-state index is 6.45. The van der Waals surface area contributed by atoms with Gasteiger partial charge in [-0.3, -0.25) is 0 Å². The Hall–Kier alpha value is -0.180. The van der Waals surface area contributed by atoms with Gasteiger partial charge in [0.25, 0.3) is 0 Å². The summed E-state index contributed by atoms with van der Waals surface area (Å²) in [6.07, 6.45) is 5.26. The summed E-state index contributed by atoms with van der Waals surface area (Å²) in [6.45, 7) is 0. The van der Waals surface area contributed by atoms with Crippen molar-refractivity contribution >= 4 is 20.1 Å². The van der Waals surface area contributed by atoms with E-state index in [0.29, 0.717) is 18.0 Å². The smallest absolute Gasteiger partial charge is 0.188 e. The highest BCUT2D eigenvalue weighted by atomic mass is 35.5. The highest BCUT2D eigenvalue weighted by Gasteiger charge is 2.46. The molecule has 0 amide bonds. The van der Waals surface area contributed by atoms with Gasteiger partial charge in [-0.2, -0.15) is 0 Å². The molecule has 3 atom stereocenters. The van der Waals surface area contributed by atoms with E-state index in [4.69, 9.17) is 16.1 Å². The van der Waals surface area contributed by atoms with E-state index in [1.165, 1.54) is 31.2 Å². The molecule has 1 aromatic carbocycles. The van der Waals surface area contributed by atoms with Crippen LogP contribution in [0.15, 0.2) is 30.3 Å². The first-order chi connectivity index (χ1) is 10.2. The lowest BCUT2D eigenvalue weighted by molar-refractivity contribution is 0.226.